The van der Waals surface area contributed by atoms with Crippen LogP contribution in [-0.4, -0.2) is 19.3 Å². The van der Waals surface area contributed by atoms with Gasteiger partial charge in [0.2, 0.25) is 5.95 Å². The van der Waals surface area contributed by atoms with E-state index < -0.39 is 0 Å². The number of nitrogen functional groups attached to an aromatic ring is 1. The highest BCUT2D eigenvalue weighted by Gasteiger charge is 2.03. The summed E-state index contributed by atoms with van der Waals surface area (Å²) in [6.45, 7) is 3.10. The predicted octanol–water partition coefficient (Wildman–Crippen LogP) is 0.0921. The van der Waals surface area contributed by atoms with Gasteiger partial charge in [0, 0.05) is 17.6 Å². The molecule has 2 aromatic rings. The molecule has 0 saturated heterocycles. The second-order valence-electron chi connectivity index (χ2n) is 3.16. The fraction of sp³-hybridized carbons (Fsp3) is 0.375. The van der Waals surface area contributed by atoms with Crippen LogP contribution in [0.5, 0.6) is 0 Å². The molecule has 0 atom stereocenters. The topological polar surface area (TPSA) is 78.7 Å². The molecule has 2 aromatic heterocycles. The number of hydrogen-bond acceptors (Lipinski definition) is 5. The van der Waals surface area contributed by atoms with Crippen molar-refractivity contribution in [1.82, 2.24) is 19.3 Å². The largest absolute Gasteiger partial charge is 0.367 e. The number of anilines is 1. The first-order chi connectivity index (χ1) is 7.16. The van der Waals surface area contributed by atoms with Gasteiger partial charge in [-0.05, 0) is 6.92 Å². The monoisotopic (exact) mass is 225 g/mol. The highest BCUT2D eigenvalue weighted by atomic mass is 32.1. The SMILES string of the molecule is Cc1csc(=O)n1CCn1cnc(N)n1. The summed E-state index contributed by atoms with van der Waals surface area (Å²) < 4.78 is 3.33. The van der Waals surface area contributed by atoms with Crippen molar-refractivity contribution in [3.8, 4) is 0 Å². The third kappa shape index (κ3) is 2.07. The zero-order chi connectivity index (χ0) is 10.8. The third-order valence-corrected chi connectivity index (χ3v) is 2.96. The minimum absolute atomic E-state index is 0.0561. The molecule has 7 heteroatoms. The van der Waals surface area contributed by atoms with Crippen molar-refractivity contribution in [2.75, 3.05) is 5.73 Å². The van der Waals surface area contributed by atoms with Crippen LogP contribution in [0.3, 0.4) is 0 Å². The van der Waals surface area contributed by atoms with Crippen LogP contribution < -0.4 is 10.6 Å². The number of aromatic nitrogens is 4. The Morgan fingerprint density at radius 1 is 1.53 bits per heavy atom. The van der Waals surface area contributed by atoms with Crippen LogP contribution in [0.4, 0.5) is 5.95 Å². The fourth-order valence-electron chi connectivity index (χ4n) is 1.29. The number of nitrogens with zero attached hydrogens (tertiary/aromatic N) is 4. The molecule has 2 N–H and O–H groups in total. The minimum Gasteiger partial charge on any atom is -0.367 e. The van der Waals surface area contributed by atoms with Crippen LogP contribution in [0.15, 0.2) is 16.5 Å². The lowest BCUT2D eigenvalue weighted by Crippen LogP contribution is -2.18. The fourth-order valence-corrected chi connectivity index (χ4v) is 2.05. The molecule has 0 bridgehead atoms. The number of hydrogen-bond donors (Lipinski definition) is 1. The van der Waals surface area contributed by atoms with E-state index in [1.807, 2.05) is 12.3 Å². The summed E-state index contributed by atoms with van der Waals surface area (Å²) in [6, 6.07) is 0. The second kappa shape index (κ2) is 3.85. The van der Waals surface area contributed by atoms with Crippen molar-refractivity contribution in [3.63, 3.8) is 0 Å². The molecule has 0 aromatic carbocycles. The van der Waals surface area contributed by atoms with E-state index in [0.717, 1.165) is 5.69 Å². The quantitative estimate of drug-likeness (QED) is 0.803. The number of aryl methyl sites for hydroxylation is 2. The maximum Gasteiger partial charge on any atom is 0.307 e. The first-order valence-electron chi connectivity index (χ1n) is 4.46. The summed E-state index contributed by atoms with van der Waals surface area (Å²) >= 11 is 1.21. The molecule has 0 unspecified atom stereocenters. The van der Waals surface area contributed by atoms with Gasteiger partial charge in [-0.15, -0.1) is 5.10 Å². The van der Waals surface area contributed by atoms with Crippen molar-refractivity contribution in [1.29, 1.82) is 0 Å². The van der Waals surface area contributed by atoms with Crippen molar-refractivity contribution >= 4 is 17.3 Å². The van der Waals surface area contributed by atoms with Gasteiger partial charge in [-0.2, -0.15) is 0 Å². The molecule has 0 saturated carbocycles. The van der Waals surface area contributed by atoms with Gasteiger partial charge >= 0.3 is 4.87 Å². The van der Waals surface area contributed by atoms with Gasteiger partial charge in [0.1, 0.15) is 6.33 Å². The molecular formula is C8H11N5OS. The van der Waals surface area contributed by atoms with E-state index >= 15 is 0 Å². The lowest BCUT2D eigenvalue weighted by Gasteiger charge is -2.03. The van der Waals surface area contributed by atoms with E-state index in [-0.39, 0.29) is 10.8 Å². The smallest absolute Gasteiger partial charge is 0.307 e. The van der Waals surface area contributed by atoms with Crippen LogP contribution >= 0.6 is 11.3 Å². The maximum atomic E-state index is 11.4. The lowest BCUT2D eigenvalue weighted by molar-refractivity contribution is 0.523. The minimum atomic E-state index is 0.0561. The van der Waals surface area contributed by atoms with Crippen LogP contribution in [0, 0.1) is 6.92 Å². The molecule has 6 nitrogen and oxygen atoms in total. The Morgan fingerprint density at radius 2 is 2.33 bits per heavy atom. The van der Waals surface area contributed by atoms with Crippen LogP contribution in [0.2, 0.25) is 0 Å². The molecule has 0 fully saturated rings. The second-order valence-corrected chi connectivity index (χ2v) is 3.98. The predicted molar refractivity (Wildman–Crippen MR) is 57.8 cm³/mol. The van der Waals surface area contributed by atoms with Gasteiger partial charge in [-0.25, -0.2) is 9.67 Å². The van der Waals surface area contributed by atoms with E-state index in [4.69, 9.17) is 5.73 Å². The number of rotatable bonds is 3. The van der Waals surface area contributed by atoms with Crippen molar-refractivity contribution in [3.05, 3.63) is 27.1 Å². The summed E-state index contributed by atoms with van der Waals surface area (Å²) in [5, 5.41) is 5.79. The van der Waals surface area contributed by atoms with Crippen molar-refractivity contribution in [2.45, 2.75) is 20.0 Å². The summed E-state index contributed by atoms with van der Waals surface area (Å²) in [5.41, 5.74) is 6.35. The standard InChI is InChI=1S/C8H11N5OS/c1-6-4-15-8(14)13(6)3-2-12-5-10-7(9)11-12/h4-5H,2-3H2,1H3,(H2,9,11). The van der Waals surface area contributed by atoms with Gasteiger partial charge in [0.05, 0.1) is 6.54 Å². The lowest BCUT2D eigenvalue weighted by atomic mass is 10.5. The van der Waals surface area contributed by atoms with E-state index in [9.17, 15) is 4.79 Å². The van der Waals surface area contributed by atoms with E-state index in [1.165, 1.54) is 11.3 Å². The highest BCUT2D eigenvalue weighted by molar-refractivity contribution is 7.07. The summed E-state index contributed by atoms with van der Waals surface area (Å²) in [4.78, 5) is 15.2. The zero-order valence-electron chi connectivity index (χ0n) is 8.25. The van der Waals surface area contributed by atoms with Crippen molar-refractivity contribution < 1.29 is 0 Å². The molecule has 0 radical (unpaired) electrons. The Labute approximate surface area is 90.0 Å². The Balaban J connectivity index is 2.08. The normalized spacial score (nSPS) is 10.7. The third-order valence-electron chi connectivity index (χ3n) is 2.08. The molecule has 0 aliphatic rings. The van der Waals surface area contributed by atoms with Crippen LogP contribution in [-0.2, 0) is 13.1 Å². The zero-order valence-corrected chi connectivity index (χ0v) is 9.07. The van der Waals surface area contributed by atoms with E-state index in [2.05, 4.69) is 10.1 Å². The average molecular weight is 225 g/mol. The highest BCUT2D eigenvalue weighted by Crippen LogP contribution is 2.00. The average Bonchev–Trinajstić information content (AvgIpc) is 2.73. The Bertz CT molecular complexity index is 511. The van der Waals surface area contributed by atoms with Gasteiger partial charge in [0.25, 0.3) is 0 Å². The summed E-state index contributed by atoms with van der Waals surface area (Å²) in [7, 11) is 0. The van der Waals surface area contributed by atoms with Gasteiger partial charge in [-0.3, -0.25) is 4.79 Å². The number of nitrogens with two attached hydrogens (primary N) is 1. The molecule has 0 amide bonds. The van der Waals surface area contributed by atoms with Gasteiger partial charge in [-0.1, -0.05) is 11.3 Å². The molecule has 0 spiro atoms. The van der Waals surface area contributed by atoms with Crippen molar-refractivity contribution in [2.24, 2.45) is 0 Å². The van der Waals surface area contributed by atoms with Gasteiger partial charge < -0.3 is 10.3 Å². The van der Waals surface area contributed by atoms with Crippen LogP contribution in [0.1, 0.15) is 5.69 Å². The summed E-state index contributed by atoms with van der Waals surface area (Å²) in [6.07, 6.45) is 1.56. The molecule has 0 aliphatic carbocycles. The molecule has 80 valence electrons. The first kappa shape index (κ1) is 9.91. The first-order valence-corrected chi connectivity index (χ1v) is 5.34. The van der Waals surface area contributed by atoms with E-state index in [0.29, 0.717) is 13.1 Å². The molecule has 0 aliphatic heterocycles. The molecule has 15 heavy (non-hydrogen) atoms. The van der Waals surface area contributed by atoms with Crippen LogP contribution in [0.25, 0.3) is 0 Å². The Hall–Kier alpha value is -1.63. The Kier molecular flexibility index (Phi) is 2.55. The van der Waals surface area contributed by atoms with Gasteiger partial charge in [0.15, 0.2) is 0 Å². The van der Waals surface area contributed by atoms with E-state index in [1.54, 1.807) is 15.6 Å². The maximum absolute atomic E-state index is 11.4. The summed E-state index contributed by atoms with van der Waals surface area (Å²) in [5.74, 6) is 0.254. The molecule has 2 heterocycles. The molecule has 2 rings (SSSR count). The molecular weight excluding hydrogens is 214 g/mol. The Morgan fingerprint density at radius 3 is 2.87 bits per heavy atom. The number of thiazole rings is 1.